The number of allylic oxidation sites excluding steroid dienone is 16. The van der Waals surface area contributed by atoms with Crippen LogP contribution >= 0.6 is 0 Å². The topological polar surface area (TPSA) is 78.9 Å². The minimum atomic E-state index is -0.809. The molecule has 0 fully saturated rings. The predicted octanol–water partition coefficient (Wildman–Crippen LogP) is 18.5. The first-order chi connectivity index (χ1) is 33.0. The van der Waals surface area contributed by atoms with Crippen LogP contribution in [0.4, 0.5) is 0 Å². The zero-order chi connectivity index (χ0) is 48.6. The summed E-state index contributed by atoms with van der Waals surface area (Å²) in [4.78, 5) is 38.1. The van der Waals surface area contributed by atoms with E-state index in [-0.39, 0.29) is 37.5 Å². The highest BCUT2D eigenvalue weighted by molar-refractivity contribution is 5.71. The van der Waals surface area contributed by atoms with E-state index in [9.17, 15) is 14.4 Å². The molecule has 0 radical (unpaired) electrons. The summed E-state index contributed by atoms with van der Waals surface area (Å²) in [6, 6.07) is 0. The van der Waals surface area contributed by atoms with Gasteiger partial charge < -0.3 is 14.2 Å². The maximum absolute atomic E-state index is 12.8. The van der Waals surface area contributed by atoms with Gasteiger partial charge in [-0.05, 0) is 116 Å². The molecule has 67 heavy (non-hydrogen) atoms. The summed E-state index contributed by atoms with van der Waals surface area (Å²) < 4.78 is 16.8. The Bertz CT molecular complexity index is 1350. The standard InChI is InChI=1S/C61H102O6/c1-4-7-10-13-16-19-22-25-28-30-33-36-39-42-45-48-51-54-60(63)66-57-58(56-65-59(62)53-50-47-44-41-38-35-32-27-24-21-18-15-12-9-6-3)67-61(64)55-52-49-46-43-40-37-34-31-29-26-23-20-17-14-11-8-5-2/h7,10,16,18-19,21,25-29,32-33,36,42,45,58H,4-6,8-9,11-15,17,20,22-24,30-31,34-35,37-41,43-44,46-57H2,1-3H3/b10-7-,19-16-,21-18-,28-25-,29-26-,32-27-,36-33-,45-42-/t58-/m0/s1. The van der Waals surface area contributed by atoms with Gasteiger partial charge in [0.15, 0.2) is 6.10 Å². The fraction of sp³-hybridized carbons (Fsp3) is 0.689. The number of carbonyl (C=O) groups is 3. The van der Waals surface area contributed by atoms with Crippen molar-refractivity contribution in [3.8, 4) is 0 Å². The van der Waals surface area contributed by atoms with Gasteiger partial charge in [0.05, 0.1) is 0 Å². The van der Waals surface area contributed by atoms with Crippen molar-refractivity contribution in [3.05, 3.63) is 97.2 Å². The molecule has 0 amide bonds. The van der Waals surface area contributed by atoms with Crippen molar-refractivity contribution in [1.29, 1.82) is 0 Å². The summed E-state index contributed by atoms with van der Waals surface area (Å²) in [6.45, 7) is 6.43. The molecule has 0 spiro atoms. The smallest absolute Gasteiger partial charge is 0.306 e. The van der Waals surface area contributed by atoms with Gasteiger partial charge in [0, 0.05) is 19.3 Å². The largest absolute Gasteiger partial charge is 0.462 e. The lowest BCUT2D eigenvalue weighted by Crippen LogP contribution is -2.30. The molecule has 0 aromatic carbocycles. The van der Waals surface area contributed by atoms with E-state index in [1.165, 1.54) is 103 Å². The van der Waals surface area contributed by atoms with Crippen LogP contribution in [0.2, 0.25) is 0 Å². The lowest BCUT2D eigenvalue weighted by molar-refractivity contribution is -0.167. The molecule has 0 saturated heterocycles. The van der Waals surface area contributed by atoms with E-state index in [4.69, 9.17) is 14.2 Å². The quantitative estimate of drug-likeness (QED) is 0.0262. The van der Waals surface area contributed by atoms with Crippen molar-refractivity contribution in [1.82, 2.24) is 0 Å². The van der Waals surface area contributed by atoms with Crippen molar-refractivity contribution in [2.75, 3.05) is 13.2 Å². The van der Waals surface area contributed by atoms with Crippen molar-refractivity contribution in [3.63, 3.8) is 0 Å². The van der Waals surface area contributed by atoms with E-state index >= 15 is 0 Å². The lowest BCUT2D eigenvalue weighted by Gasteiger charge is -2.18. The molecular weight excluding hydrogens is 829 g/mol. The Labute approximate surface area is 413 Å². The van der Waals surface area contributed by atoms with Gasteiger partial charge >= 0.3 is 17.9 Å². The van der Waals surface area contributed by atoms with Crippen LogP contribution in [-0.4, -0.2) is 37.2 Å². The third kappa shape index (κ3) is 53.2. The fourth-order valence-electron chi connectivity index (χ4n) is 7.38. The number of hydrogen-bond donors (Lipinski definition) is 0. The van der Waals surface area contributed by atoms with E-state index in [1.807, 2.05) is 0 Å². The minimum absolute atomic E-state index is 0.105. The second-order valence-corrected chi connectivity index (χ2v) is 18.1. The first kappa shape index (κ1) is 63.3. The third-order valence-corrected chi connectivity index (χ3v) is 11.5. The maximum Gasteiger partial charge on any atom is 0.306 e. The van der Waals surface area contributed by atoms with Crippen molar-refractivity contribution < 1.29 is 28.6 Å². The molecule has 0 saturated carbocycles. The number of unbranched alkanes of at least 4 members (excludes halogenated alkanes) is 22. The SMILES string of the molecule is CC/C=C\C/C=C\C/C=C\C/C=C\C/C=C\CCCC(=O)OC[C@H](COC(=O)CCCCCCC/C=C\C/C=C\CCCCC)OC(=O)CCCCCCCCC/C=C\CCCCCCCC. The van der Waals surface area contributed by atoms with Crippen molar-refractivity contribution in [2.24, 2.45) is 0 Å². The van der Waals surface area contributed by atoms with Gasteiger partial charge in [0.1, 0.15) is 13.2 Å². The first-order valence-electron chi connectivity index (χ1n) is 27.7. The molecule has 0 aromatic rings. The molecule has 6 nitrogen and oxygen atoms in total. The summed E-state index contributed by atoms with van der Waals surface area (Å²) >= 11 is 0. The summed E-state index contributed by atoms with van der Waals surface area (Å²) in [7, 11) is 0. The molecule has 0 heterocycles. The second-order valence-electron chi connectivity index (χ2n) is 18.1. The van der Waals surface area contributed by atoms with Gasteiger partial charge in [-0.15, -0.1) is 0 Å². The Kier molecular flexibility index (Phi) is 51.9. The molecule has 0 aliphatic heterocycles. The van der Waals surface area contributed by atoms with Gasteiger partial charge in [-0.25, -0.2) is 0 Å². The van der Waals surface area contributed by atoms with E-state index in [1.54, 1.807) is 0 Å². The van der Waals surface area contributed by atoms with Crippen LogP contribution < -0.4 is 0 Å². The number of ether oxygens (including phenoxy) is 3. The maximum atomic E-state index is 12.8. The molecule has 382 valence electrons. The average Bonchev–Trinajstić information content (AvgIpc) is 3.33. The van der Waals surface area contributed by atoms with Crippen LogP contribution in [0.15, 0.2) is 97.2 Å². The van der Waals surface area contributed by atoms with E-state index in [2.05, 4.69) is 118 Å². The van der Waals surface area contributed by atoms with Gasteiger partial charge in [0.2, 0.25) is 0 Å². The summed E-state index contributed by atoms with van der Waals surface area (Å²) in [5.41, 5.74) is 0. The van der Waals surface area contributed by atoms with Gasteiger partial charge in [0.25, 0.3) is 0 Å². The van der Waals surface area contributed by atoms with Gasteiger partial charge in [-0.3, -0.25) is 14.4 Å². The van der Waals surface area contributed by atoms with Crippen molar-refractivity contribution >= 4 is 17.9 Å². The third-order valence-electron chi connectivity index (χ3n) is 11.5. The normalized spacial score (nSPS) is 12.8. The number of rotatable bonds is 49. The van der Waals surface area contributed by atoms with Crippen LogP contribution in [0.1, 0.15) is 252 Å². The first-order valence-corrected chi connectivity index (χ1v) is 27.7. The number of carbonyl (C=O) groups excluding carboxylic acids is 3. The number of esters is 3. The molecule has 0 aliphatic carbocycles. The minimum Gasteiger partial charge on any atom is -0.462 e. The van der Waals surface area contributed by atoms with Crippen LogP contribution in [0.3, 0.4) is 0 Å². The summed E-state index contributed by atoms with van der Waals surface area (Å²) in [5, 5.41) is 0. The van der Waals surface area contributed by atoms with Crippen LogP contribution in [0.25, 0.3) is 0 Å². The summed E-state index contributed by atoms with van der Waals surface area (Å²) in [6.07, 6.45) is 72.5. The lowest BCUT2D eigenvalue weighted by atomic mass is 10.1. The molecule has 0 aromatic heterocycles. The van der Waals surface area contributed by atoms with Gasteiger partial charge in [-0.2, -0.15) is 0 Å². The van der Waals surface area contributed by atoms with E-state index in [0.717, 1.165) is 103 Å². The van der Waals surface area contributed by atoms with Gasteiger partial charge in [-0.1, -0.05) is 214 Å². The highest BCUT2D eigenvalue weighted by Crippen LogP contribution is 2.14. The predicted molar refractivity (Wildman–Crippen MR) is 288 cm³/mol. The molecule has 0 unspecified atom stereocenters. The van der Waals surface area contributed by atoms with Crippen LogP contribution in [0, 0.1) is 0 Å². The zero-order valence-electron chi connectivity index (χ0n) is 43.6. The highest BCUT2D eigenvalue weighted by Gasteiger charge is 2.19. The highest BCUT2D eigenvalue weighted by atomic mass is 16.6. The zero-order valence-corrected chi connectivity index (χ0v) is 43.6. The average molecular weight is 931 g/mol. The Morgan fingerprint density at radius 2 is 0.597 bits per heavy atom. The molecule has 1 atom stereocenters. The monoisotopic (exact) mass is 931 g/mol. The van der Waals surface area contributed by atoms with Crippen LogP contribution in [-0.2, 0) is 28.6 Å². The Morgan fingerprint density at radius 3 is 1.01 bits per heavy atom. The van der Waals surface area contributed by atoms with E-state index in [0.29, 0.717) is 19.3 Å². The summed E-state index contributed by atoms with van der Waals surface area (Å²) in [5.74, 6) is -0.981. The Balaban J connectivity index is 4.51. The van der Waals surface area contributed by atoms with E-state index < -0.39 is 6.10 Å². The second kappa shape index (κ2) is 54.9. The molecular formula is C61H102O6. The van der Waals surface area contributed by atoms with Crippen molar-refractivity contribution in [2.45, 2.75) is 258 Å². The Morgan fingerprint density at radius 1 is 0.313 bits per heavy atom. The molecule has 0 aliphatic rings. The molecule has 6 heteroatoms. The molecule has 0 bridgehead atoms. The molecule has 0 N–H and O–H groups in total. The number of hydrogen-bond acceptors (Lipinski definition) is 6. The molecule has 0 rings (SSSR count). The fourth-order valence-corrected chi connectivity index (χ4v) is 7.38. The Hall–Kier alpha value is -3.67. The van der Waals surface area contributed by atoms with Crippen LogP contribution in [0.5, 0.6) is 0 Å².